The predicted octanol–water partition coefficient (Wildman–Crippen LogP) is 3.21. The summed E-state index contributed by atoms with van der Waals surface area (Å²) < 4.78 is 28.8. The van der Waals surface area contributed by atoms with Crippen LogP contribution in [0.3, 0.4) is 0 Å². The van der Waals surface area contributed by atoms with E-state index in [-0.39, 0.29) is 5.41 Å². The molecule has 1 fully saturated rings. The molecule has 2 rings (SSSR count). The molecular formula is C15H25ClN2O2S. The molecule has 0 aliphatic carbocycles. The van der Waals surface area contributed by atoms with Crippen molar-refractivity contribution < 1.29 is 8.42 Å². The summed E-state index contributed by atoms with van der Waals surface area (Å²) in [7, 11) is -1.57. The number of hydrogen-bond acceptors (Lipinski definition) is 2. The van der Waals surface area contributed by atoms with Crippen LogP contribution in [0, 0.1) is 11.3 Å². The highest BCUT2D eigenvalue weighted by atomic mass is 35.5. The maximum atomic E-state index is 12.7. The number of aromatic nitrogens is 1. The Hall–Kier alpha value is -0.520. The fourth-order valence-electron chi connectivity index (χ4n) is 2.96. The lowest BCUT2D eigenvalue weighted by Crippen LogP contribution is -2.41. The van der Waals surface area contributed by atoms with Crippen LogP contribution >= 0.6 is 11.6 Å². The lowest BCUT2D eigenvalue weighted by Gasteiger charge is -2.38. The van der Waals surface area contributed by atoms with Gasteiger partial charge in [0.25, 0.3) is 0 Å². The molecule has 0 saturated carbocycles. The third-order valence-electron chi connectivity index (χ3n) is 4.54. The molecule has 0 unspecified atom stereocenters. The Morgan fingerprint density at radius 3 is 2.29 bits per heavy atom. The molecule has 1 aliphatic heterocycles. The van der Waals surface area contributed by atoms with Crippen molar-refractivity contribution in [2.75, 3.05) is 13.1 Å². The van der Waals surface area contributed by atoms with E-state index in [9.17, 15) is 8.42 Å². The molecule has 0 radical (unpaired) electrons. The van der Waals surface area contributed by atoms with Gasteiger partial charge >= 0.3 is 0 Å². The number of aryl methyl sites for hydroxylation is 1. The largest absolute Gasteiger partial charge is 0.352 e. The smallest absolute Gasteiger partial charge is 0.244 e. The Kier molecular flexibility index (Phi) is 4.76. The van der Waals surface area contributed by atoms with Gasteiger partial charge in [0.1, 0.15) is 4.90 Å². The molecule has 1 aliphatic rings. The summed E-state index contributed by atoms with van der Waals surface area (Å²) in [5.74, 6) is 0.899. The second kappa shape index (κ2) is 5.94. The van der Waals surface area contributed by atoms with E-state index < -0.39 is 10.0 Å². The highest BCUT2D eigenvalue weighted by Gasteiger charge is 2.34. The van der Waals surface area contributed by atoms with Crippen LogP contribution in [0.4, 0.5) is 0 Å². The van der Waals surface area contributed by atoms with Crippen molar-refractivity contribution in [3.05, 3.63) is 18.0 Å². The first-order valence-electron chi connectivity index (χ1n) is 7.37. The predicted molar refractivity (Wildman–Crippen MR) is 85.9 cm³/mol. The lowest BCUT2D eigenvalue weighted by atomic mass is 9.76. The zero-order chi connectivity index (χ0) is 15.8. The number of rotatable bonds is 3. The fourth-order valence-corrected chi connectivity index (χ4v) is 4.79. The Balaban J connectivity index is 2.15. The van der Waals surface area contributed by atoms with Crippen LogP contribution in [0.5, 0.6) is 0 Å². The van der Waals surface area contributed by atoms with Crippen LogP contribution in [-0.4, -0.2) is 30.4 Å². The Morgan fingerprint density at radius 2 is 1.86 bits per heavy atom. The quantitative estimate of drug-likeness (QED) is 0.798. The summed E-state index contributed by atoms with van der Waals surface area (Å²) in [5, 5.41) is 0. The minimum absolute atomic E-state index is 0.244. The van der Waals surface area contributed by atoms with E-state index in [1.54, 1.807) is 21.1 Å². The number of piperidine rings is 1. The Bertz CT molecular complexity index is 594. The van der Waals surface area contributed by atoms with Crippen molar-refractivity contribution in [3.63, 3.8) is 0 Å². The molecule has 1 saturated heterocycles. The molecular weight excluding hydrogens is 308 g/mol. The van der Waals surface area contributed by atoms with Gasteiger partial charge in [0.15, 0.2) is 0 Å². The molecule has 0 bridgehead atoms. The van der Waals surface area contributed by atoms with Gasteiger partial charge in [0.2, 0.25) is 10.0 Å². The van der Waals surface area contributed by atoms with Gasteiger partial charge < -0.3 is 4.57 Å². The molecule has 0 N–H and O–H groups in total. The number of alkyl halides is 1. The summed E-state index contributed by atoms with van der Waals surface area (Å²) in [4.78, 5) is 0.356. The normalized spacial score (nSPS) is 19.1. The summed E-state index contributed by atoms with van der Waals surface area (Å²) in [6.07, 6.45) is 3.51. The molecule has 0 amide bonds. The van der Waals surface area contributed by atoms with E-state index >= 15 is 0 Å². The maximum absolute atomic E-state index is 12.7. The van der Waals surface area contributed by atoms with Crippen LogP contribution in [0.15, 0.2) is 17.2 Å². The third kappa shape index (κ3) is 3.46. The average molecular weight is 333 g/mol. The fraction of sp³-hybridized carbons (Fsp3) is 0.733. The topological polar surface area (TPSA) is 42.3 Å². The van der Waals surface area contributed by atoms with Gasteiger partial charge in [-0.25, -0.2) is 8.42 Å². The lowest BCUT2D eigenvalue weighted by molar-refractivity contribution is 0.154. The summed E-state index contributed by atoms with van der Waals surface area (Å²) in [5.41, 5.74) is 1.06. The van der Waals surface area contributed by atoms with Gasteiger partial charge in [-0.15, -0.1) is 11.6 Å². The maximum Gasteiger partial charge on any atom is 0.244 e. The van der Waals surface area contributed by atoms with Crippen LogP contribution in [0.25, 0.3) is 0 Å². The van der Waals surface area contributed by atoms with E-state index in [2.05, 4.69) is 20.8 Å². The third-order valence-corrected chi connectivity index (χ3v) is 6.67. The zero-order valence-electron chi connectivity index (χ0n) is 13.3. The molecule has 1 aromatic heterocycles. The molecule has 6 heteroatoms. The van der Waals surface area contributed by atoms with Crippen molar-refractivity contribution in [1.82, 2.24) is 8.87 Å². The van der Waals surface area contributed by atoms with Crippen LogP contribution < -0.4 is 0 Å². The standard InChI is InChI=1S/C15H25ClN2O2S/c1-15(2,3)12-5-7-18(8-6-12)21(19,20)14-9-13(10-16)17(4)11-14/h9,11-12H,5-8,10H2,1-4H3. The van der Waals surface area contributed by atoms with Gasteiger partial charge in [-0.1, -0.05) is 20.8 Å². The van der Waals surface area contributed by atoms with E-state index in [4.69, 9.17) is 11.6 Å². The van der Waals surface area contributed by atoms with Crippen LogP contribution in [0.2, 0.25) is 0 Å². The Labute approximate surface area is 133 Å². The second-order valence-electron chi connectivity index (χ2n) is 6.96. The summed E-state index contributed by atoms with van der Waals surface area (Å²) in [6, 6.07) is 1.68. The van der Waals surface area contributed by atoms with Gasteiger partial charge in [0, 0.05) is 32.0 Å². The molecule has 4 nitrogen and oxygen atoms in total. The van der Waals surface area contributed by atoms with Gasteiger partial charge in [-0.05, 0) is 30.2 Å². The number of sulfonamides is 1. The van der Waals surface area contributed by atoms with Gasteiger partial charge in [0.05, 0.1) is 5.88 Å². The summed E-state index contributed by atoms with van der Waals surface area (Å²) in [6.45, 7) is 7.90. The van der Waals surface area contributed by atoms with E-state index in [0.29, 0.717) is 29.8 Å². The minimum Gasteiger partial charge on any atom is -0.352 e. The van der Waals surface area contributed by atoms with Crippen LogP contribution in [0.1, 0.15) is 39.3 Å². The molecule has 1 aromatic rings. The van der Waals surface area contributed by atoms with Crippen molar-refractivity contribution in [2.45, 2.75) is 44.4 Å². The molecule has 0 spiro atoms. The molecule has 0 atom stereocenters. The van der Waals surface area contributed by atoms with Gasteiger partial charge in [-0.3, -0.25) is 0 Å². The number of halogens is 1. The first-order valence-corrected chi connectivity index (χ1v) is 9.35. The molecule has 2 heterocycles. The monoisotopic (exact) mass is 332 g/mol. The van der Waals surface area contributed by atoms with Crippen molar-refractivity contribution >= 4 is 21.6 Å². The van der Waals surface area contributed by atoms with Gasteiger partial charge in [-0.2, -0.15) is 4.31 Å². The number of hydrogen-bond donors (Lipinski definition) is 0. The first kappa shape index (κ1) is 16.8. The molecule has 0 aromatic carbocycles. The minimum atomic E-state index is -3.39. The second-order valence-corrected chi connectivity index (χ2v) is 9.16. The Morgan fingerprint density at radius 1 is 1.29 bits per heavy atom. The van der Waals surface area contributed by atoms with Crippen molar-refractivity contribution in [2.24, 2.45) is 18.4 Å². The molecule has 21 heavy (non-hydrogen) atoms. The number of nitrogens with zero attached hydrogens (tertiary/aromatic N) is 2. The highest BCUT2D eigenvalue weighted by Crippen LogP contribution is 2.35. The average Bonchev–Trinajstić information content (AvgIpc) is 2.80. The van der Waals surface area contributed by atoms with Crippen molar-refractivity contribution in [3.8, 4) is 0 Å². The van der Waals surface area contributed by atoms with E-state index in [1.165, 1.54) is 0 Å². The molecule has 120 valence electrons. The summed E-state index contributed by atoms with van der Waals surface area (Å²) >= 11 is 5.82. The van der Waals surface area contributed by atoms with Crippen LogP contribution in [-0.2, 0) is 23.0 Å². The highest BCUT2D eigenvalue weighted by molar-refractivity contribution is 7.89. The SMILES string of the molecule is Cn1cc(S(=O)(=O)N2CCC(C(C)(C)C)CC2)cc1CCl. The van der Waals surface area contributed by atoms with Crippen molar-refractivity contribution in [1.29, 1.82) is 0 Å². The van der Waals surface area contributed by atoms with E-state index in [0.717, 1.165) is 18.5 Å². The zero-order valence-corrected chi connectivity index (χ0v) is 14.8. The first-order chi connectivity index (χ1) is 9.66. The van der Waals surface area contributed by atoms with E-state index in [1.807, 2.05) is 7.05 Å².